The van der Waals surface area contributed by atoms with Gasteiger partial charge in [0.15, 0.2) is 10.8 Å². The van der Waals surface area contributed by atoms with Gasteiger partial charge in [-0.3, -0.25) is 9.20 Å². The monoisotopic (exact) mass is 326 g/mol. The van der Waals surface area contributed by atoms with E-state index in [1.807, 2.05) is 53.1 Å². The highest BCUT2D eigenvalue weighted by Gasteiger charge is 2.11. The van der Waals surface area contributed by atoms with Crippen molar-refractivity contribution < 1.29 is 4.79 Å². The molecule has 23 heavy (non-hydrogen) atoms. The van der Waals surface area contributed by atoms with E-state index in [9.17, 15) is 4.79 Å². The largest absolute Gasteiger partial charge is 0.325 e. The van der Waals surface area contributed by atoms with Crippen LogP contribution < -0.4 is 5.32 Å². The number of thioether (sulfide) groups is 1. The highest BCUT2D eigenvalue weighted by molar-refractivity contribution is 7.99. The second kappa shape index (κ2) is 6.83. The van der Waals surface area contributed by atoms with Crippen molar-refractivity contribution in [1.82, 2.24) is 14.6 Å². The normalized spacial score (nSPS) is 11.1. The van der Waals surface area contributed by atoms with E-state index in [-0.39, 0.29) is 5.91 Å². The predicted molar refractivity (Wildman–Crippen MR) is 92.9 cm³/mol. The Bertz CT molecular complexity index is 828. The van der Waals surface area contributed by atoms with Gasteiger partial charge in [0.25, 0.3) is 0 Å². The van der Waals surface area contributed by atoms with E-state index in [1.54, 1.807) is 0 Å². The molecule has 0 radical (unpaired) electrons. The summed E-state index contributed by atoms with van der Waals surface area (Å²) in [4.78, 5) is 12.2. The number of rotatable bonds is 5. The van der Waals surface area contributed by atoms with Gasteiger partial charge in [0.05, 0.1) is 5.75 Å². The number of anilines is 1. The van der Waals surface area contributed by atoms with Gasteiger partial charge in [0.2, 0.25) is 5.91 Å². The minimum Gasteiger partial charge on any atom is -0.325 e. The number of carbonyl (C=O) groups excluding carboxylic acids is 1. The Hall–Kier alpha value is -2.34. The maximum atomic E-state index is 12.2. The second-order valence-corrected chi connectivity index (χ2v) is 6.43. The molecule has 1 amide bonds. The van der Waals surface area contributed by atoms with Gasteiger partial charge in [-0.15, -0.1) is 10.2 Å². The summed E-state index contributed by atoms with van der Waals surface area (Å²) in [6.45, 7) is 4.23. The number of nitrogens with zero attached hydrogens (tertiary/aromatic N) is 3. The number of fused-ring (bicyclic) bond motifs is 1. The second-order valence-electron chi connectivity index (χ2n) is 5.49. The van der Waals surface area contributed by atoms with E-state index in [0.717, 1.165) is 16.9 Å². The van der Waals surface area contributed by atoms with Gasteiger partial charge >= 0.3 is 0 Å². The molecule has 118 valence electrons. The fourth-order valence-electron chi connectivity index (χ4n) is 2.35. The molecule has 3 rings (SSSR count). The van der Waals surface area contributed by atoms with Gasteiger partial charge in [-0.1, -0.05) is 49.9 Å². The van der Waals surface area contributed by atoms with E-state index in [4.69, 9.17) is 0 Å². The van der Waals surface area contributed by atoms with Crippen molar-refractivity contribution >= 4 is 29.0 Å². The van der Waals surface area contributed by atoms with Crippen LogP contribution >= 0.6 is 11.8 Å². The van der Waals surface area contributed by atoms with Crippen LogP contribution in [-0.4, -0.2) is 26.3 Å². The van der Waals surface area contributed by atoms with Crippen molar-refractivity contribution in [3.8, 4) is 0 Å². The van der Waals surface area contributed by atoms with Gasteiger partial charge in [-0.2, -0.15) is 0 Å². The zero-order chi connectivity index (χ0) is 16.2. The van der Waals surface area contributed by atoms with Crippen LogP contribution in [0.3, 0.4) is 0 Å². The fraction of sp³-hybridized carbons (Fsp3) is 0.235. The average Bonchev–Trinajstić information content (AvgIpc) is 2.96. The molecular formula is C17H18N4OS. The molecular weight excluding hydrogens is 308 g/mol. The summed E-state index contributed by atoms with van der Waals surface area (Å²) < 4.78 is 1.88. The predicted octanol–water partition coefficient (Wildman–Crippen LogP) is 3.58. The number of para-hydroxylation sites is 1. The van der Waals surface area contributed by atoms with Crippen molar-refractivity contribution in [3.63, 3.8) is 0 Å². The van der Waals surface area contributed by atoms with Gasteiger partial charge in [-0.25, -0.2) is 0 Å². The Morgan fingerprint density at radius 1 is 1.17 bits per heavy atom. The summed E-state index contributed by atoms with van der Waals surface area (Å²) >= 11 is 1.38. The molecule has 5 nitrogen and oxygen atoms in total. The number of carbonyl (C=O) groups is 1. The number of hydrogen-bond donors (Lipinski definition) is 1. The molecule has 0 fully saturated rings. The molecule has 0 spiro atoms. The van der Waals surface area contributed by atoms with Crippen LogP contribution in [-0.2, 0) is 4.79 Å². The summed E-state index contributed by atoms with van der Waals surface area (Å²) in [5.41, 5.74) is 2.79. The topological polar surface area (TPSA) is 59.3 Å². The van der Waals surface area contributed by atoms with Crippen molar-refractivity contribution in [2.24, 2.45) is 0 Å². The Morgan fingerprint density at radius 2 is 1.96 bits per heavy atom. The van der Waals surface area contributed by atoms with Crippen LogP contribution in [0.2, 0.25) is 0 Å². The smallest absolute Gasteiger partial charge is 0.234 e. The van der Waals surface area contributed by atoms with Crippen molar-refractivity contribution in [1.29, 1.82) is 0 Å². The zero-order valence-corrected chi connectivity index (χ0v) is 13.9. The minimum absolute atomic E-state index is 0.0456. The van der Waals surface area contributed by atoms with Gasteiger partial charge < -0.3 is 5.32 Å². The number of benzene rings is 1. The van der Waals surface area contributed by atoms with E-state index in [1.165, 1.54) is 11.8 Å². The van der Waals surface area contributed by atoms with Crippen LogP contribution in [0.25, 0.3) is 5.65 Å². The molecule has 3 aromatic rings. The van der Waals surface area contributed by atoms with Crippen molar-refractivity contribution in [2.45, 2.75) is 24.9 Å². The summed E-state index contributed by atoms with van der Waals surface area (Å²) in [7, 11) is 0. The molecule has 0 unspecified atom stereocenters. The lowest BCUT2D eigenvalue weighted by Crippen LogP contribution is -2.15. The van der Waals surface area contributed by atoms with Crippen LogP contribution in [0, 0.1) is 0 Å². The number of pyridine rings is 1. The van der Waals surface area contributed by atoms with Crippen LogP contribution in [0.1, 0.15) is 25.3 Å². The molecule has 6 heteroatoms. The lowest BCUT2D eigenvalue weighted by molar-refractivity contribution is -0.113. The molecule has 0 bridgehead atoms. The van der Waals surface area contributed by atoms with Crippen molar-refractivity contribution in [2.75, 3.05) is 11.1 Å². The third-order valence-corrected chi connectivity index (χ3v) is 4.41. The first-order chi connectivity index (χ1) is 11.1. The van der Waals surface area contributed by atoms with Gasteiger partial charge in [0, 0.05) is 11.9 Å². The Kier molecular flexibility index (Phi) is 4.62. The summed E-state index contributed by atoms with van der Waals surface area (Å²) in [5, 5.41) is 11.9. The summed E-state index contributed by atoms with van der Waals surface area (Å²) in [6, 6.07) is 13.6. The molecule has 0 aliphatic heterocycles. The quantitative estimate of drug-likeness (QED) is 0.728. The van der Waals surface area contributed by atoms with E-state index >= 15 is 0 Å². The van der Waals surface area contributed by atoms with Crippen molar-refractivity contribution in [3.05, 3.63) is 54.2 Å². The van der Waals surface area contributed by atoms with E-state index in [0.29, 0.717) is 16.8 Å². The first kappa shape index (κ1) is 15.6. The third kappa shape index (κ3) is 3.53. The van der Waals surface area contributed by atoms with Gasteiger partial charge in [0.1, 0.15) is 0 Å². The Balaban J connectivity index is 1.66. The molecule has 2 aromatic heterocycles. The number of nitrogens with one attached hydrogen (secondary N) is 1. The third-order valence-electron chi connectivity index (χ3n) is 3.47. The lowest BCUT2D eigenvalue weighted by Gasteiger charge is -2.13. The first-order valence-electron chi connectivity index (χ1n) is 7.46. The summed E-state index contributed by atoms with van der Waals surface area (Å²) in [5.74, 6) is 0.609. The highest BCUT2D eigenvalue weighted by Crippen LogP contribution is 2.24. The standard InChI is InChI=1S/C17H18N4OS/c1-12(2)13-7-3-4-8-14(13)18-16(22)11-23-17-20-19-15-9-5-6-10-21(15)17/h3-10,12H,11H2,1-2H3,(H,18,22). The average molecular weight is 326 g/mol. The Morgan fingerprint density at radius 3 is 2.78 bits per heavy atom. The minimum atomic E-state index is -0.0456. The molecule has 0 saturated heterocycles. The molecule has 2 heterocycles. The van der Waals surface area contributed by atoms with E-state index < -0.39 is 0 Å². The maximum absolute atomic E-state index is 12.2. The molecule has 0 atom stereocenters. The molecule has 0 aliphatic rings. The number of aromatic nitrogens is 3. The fourth-order valence-corrected chi connectivity index (χ4v) is 3.07. The first-order valence-corrected chi connectivity index (χ1v) is 8.45. The van der Waals surface area contributed by atoms with E-state index in [2.05, 4.69) is 29.4 Å². The molecule has 1 aromatic carbocycles. The summed E-state index contributed by atoms with van der Waals surface area (Å²) in [6.07, 6.45) is 1.89. The SMILES string of the molecule is CC(C)c1ccccc1NC(=O)CSc1nnc2ccccn12. The molecule has 0 saturated carbocycles. The Labute approximate surface area is 139 Å². The molecule has 0 aliphatic carbocycles. The number of hydrogen-bond acceptors (Lipinski definition) is 4. The molecule has 1 N–H and O–H groups in total. The highest BCUT2D eigenvalue weighted by atomic mass is 32.2. The zero-order valence-electron chi connectivity index (χ0n) is 13.1. The van der Waals surface area contributed by atoms with Crippen LogP contribution in [0.15, 0.2) is 53.8 Å². The lowest BCUT2D eigenvalue weighted by atomic mass is 10.0. The maximum Gasteiger partial charge on any atom is 0.234 e. The van der Waals surface area contributed by atoms with Crippen LogP contribution in [0.4, 0.5) is 5.69 Å². The number of amides is 1. The van der Waals surface area contributed by atoms with Crippen LogP contribution in [0.5, 0.6) is 0 Å². The van der Waals surface area contributed by atoms with Gasteiger partial charge in [-0.05, 0) is 29.7 Å².